The molecule has 2 unspecified atom stereocenters. The Kier molecular flexibility index (Phi) is 5.85. The number of aromatic nitrogens is 4. The summed E-state index contributed by atoms with van der Waals surface area (Å²) < 4.78 is 51.4. The van der Waals surface area contributed by atoms with Gasteiger partial charge in [-0.2, -0.15) is 22.5 Å². The summed E-state index contributed by atoms with van der Waals surface area (Å²) in [6.45, 7) is 4.77. The Balaban J connectivity index is 1.22. The van der Waals surface area contributed by atoms with Crippen molar-refractivity contribution in [1.29, 1.82) is 0 Å². The van der Waals surface area contributed by atoms with Crippen molar-refractivity contribution in [3.05, 3.63) is 46.9 Å². The molecule has 1 saturated carbocycles. The average molecular weight is 519 g/mol. The van der Waals surface area contributed by atoms with Gasteiger partial charge in [0.2, 0.25) is 5.95 Å². The largest absolute Gasteiger partial charge is 0.496 e. The summed E-state index contributed by atoms with van der Waals surface area (Å²) in [5.41, 5.74) is 1.08. The van der Waals surface area contributed by atoms with Crippen LogP contribution in [0.2, 0.25) is 0 Å². The third kappa shape index (κ3) is 4.21. The van der Waals surface area contributed by atoms with Gasteiger partial charge in [-0.1, -0.05) is 6.07 Å². The Bertz CT molecular complexity index is 1240. The molecule has 2 fully saturated rings. The SMILES string of the molecule is COc1cc(C(F)(F)F)ccc1C1CCCn2nc(NC3[C@@H]4CC[C@H]3CN(c3cc(C)ns3)C4)nc21. The van der Waals surface area contributed by atoms with E-state index in [-0.39, 0.29) is 11.7 Å². The zero-order valence-corrected chi connectivity index (χ0v) is 21.1. The average Bonchev–Trinajstić information content (AvgIpc) is 3.53. The summed E-state index contributed by atoms with van der Waals surface area (Å²) in [6.07, 6.45) is -0.394. The lowest BCUT2D eigenvalue weighted by Gasteiger charge is -2.38. The molecule has 3 aromatic rings. The van der Waals surface area contributed by atoms with E-state index in [2.05, 4.69) is 20.7 Å². The number of aryl methyl sites for hydroxylation is 2. The van der Waals surface area contributed by atoms with Crippen molar-refractivity contribution in [2.45, 2.75) is 57.3 Å². The molecule has 2 aliphatic heterocycles. The molecule has 0 amide bonds. The molecule has 4 atom stereocenters. The maximum absolute atomic E-state index is 13.2. The van der Waals surface area contributed by atoms with Crippen LogP contribution in [0.1, 0.15) is 54.2 Å². The second-order valence-electron chi connectivity index (χ2n) is 10.1. The van der Waals surface area contributed by atoms with Crippen molar-refractivity contribution in [2.75, 3.05) is 30.4 Å². The monoisotopic (exact) mass is 518 g/mol. The van der Waals surface area contributed by atoms with Crippen molar-refractivity contribution in [1.82, 2.24) is 19.1 Å². The lowest BCUT2D eigenvalue weighted by Crippen LogP contribution is -2.48. The van der Waals surface area contributed by atoms with E-state index >= 15 is 0 Å². The van der Waals surface area contributed by atoms with Crippen LogP contribution in [-0.2, 0) is 12.7 Å². The lowest BCUT2D eigenvalue weighted by atomic mass is 9.89. The first-order valence-electron chi connectivity index (χ1n) is 12.4. The third-order valence-corrected chi connectivity index (χ3v) is 8.81. The summed E-state index contributed by atoms with van der Waals surface area (Å²) in [4.78, 5) is 7.33. The normalized spacial score (nSPS) is 25.6. The minimum atomic E-state index is -4.41. The molecule has 1 aliphatic carbocycles. The van der Waals surface area contributed by atoms with Gasteiger partial charge in [-0.25, -0.2) is 4.68 Å². The van der Waals surface area contributed by atoms with Crippen LogP contribution in [0.25, 0.3) is 0 Å². The van der Waals surface area contributed by atoms with Crippen LogP contribution in [-0.4, -0.2) is 45.4 Å². The molecule has 1 saturated heterocycles. The third-order valence-electron chi connectivity index (χ3n) is 7.87. The molecule has 0 spiro atoms. The van der Waals surface area contributed by atoms with E-state index in [1.165, 1.54) is 31.0 Å². The van der Waals surface area contributed by atoms with Crippen molar-refractivity contribution in [3.8, 4) is 5.75 Å². The second-order valence-corrected chi connectivity index (χ2v) is 10.9. The highest BCUT2D eigenvalue weighted by Gasteiger charge is 2.43. The Morgan fingerprint density at radius 2 is 1.89 bits per heavy atom. The molecule has 2 bridgehead atoms. The van der Waals surface area contributed by atoms with Crippen molar-refractivity contribution < 1.29 is 17.9 Å². The molecule has 11 heteroatoms. The zero-order valence-electron chi connectivity index (χ0n) is 20.3. The standard InChI is InChI=1S/C25H29F3N6OS/c1-14-10-21(36-32-14)33-12-15-5-6-16(13-33)22(15)29-24-30-23-19(4-3-9-34(23)31-24)18-8-7-17(25(26,27)28)11-20(18)35-2/h7-8,10-11,15-16,19,22H,3-6,9,12-13H2,1-2H3,(H,29,31)/t15-,16+,19?,22?. The van der Waals surface area contributed by atoms with Crippen LogP contribution in [0, 0.1) is 18.8 Å². The van der Waals surface area contributed by atoms with Crippen LogP contribution in [0.15, 0.2) is 24.3 Å². The minimum absolute atomic E-state index is 0.160. The Hall–Kier alpha value is -2.82. The van der Waals surface area contributed by atoms with Gasteiger partial charge in [-0.15, -0.1) is 5.10 Å². The molecule has 1 aromatic carbocycles. The predicted octanol–water partition coefficient (Wildman–Crippen LogP) is 5.32. The first-order valence-corrected chi connectivity index (χ1v) is 13.2. The lowest BCUT2D eigenvalue weighted by molar-refractivity contribution is -0.137. The highest BCUT2D eigenvalue weighted by Crippen LogP contribution is 2.43. The van der Waals surface area contributed by atoms with Gasteiger partial charge in [0.25, 0.3) is 0 Å². The number of piperidine rings is 1. The molecule has 1 N–H and O–H groups in total. The molecule has 4 heterocycles. The number of alkyl halides is 3. The van der Waals surface area contributed by atoms with Gasteiger partial charge in [0.15, 0.2) is 0 Å². The molecular weight excluding hydrogens is 489 g/mol. The number of hydrogen-bond donors (Lipinski definition) is 1. The number of methoxy groups -OCH3 is 1. The smallest absolute Gasteiger partial charge is 0.416 e. The van der Waals surface area contributed by atoms with Crippen LogP contribution < -0.4 is 15.0 Å². The van der Waals surface area contributed by atoms with Gasteiger partial charge in [0.1, 0.15) is 16.6 Å². The van der Waals surface area contributed by atoms with E-state index in [0.29, 0.717) is 23.8 Å². The number of nitrogens with one attached hydrogen (secondary N) is 1. The van der Waals surface area contributed by atoms with Crippen LogP contribution in [0.4, 0.5) is 24.1 Å². The van der Waals surface area contributed by atoms with Crippen molar-refractivity contribution in [2.24, 2.45) is 11.8 Å². The van der Waals surface area contributed by atoms with Crippen molar-refractivity contribution in [3.63, 3.8) is 0 Å². The first kappa shape index (κ1) is 23.6. The number of anilines is 2. The second kappa shape index (κ2) is 8.93. The number of rotatable bonds is 5. The highest BCUT2D eigenvalue weighted by atomic mass is 32.1. The topological polar surface area (TPSA) is 68.1 Å². The van der Waals surface area contributed by atoms with Gasteiger partial charge in [-0.05, 0) is 74.2 Å². The fraction of sp³-hybridized carbons (Fsp3) is 0.560. The van der Waals surface area contributed by atoms with E-state index in [1.807, 2.05) is 11.6 Å². The Morgan fingerprint density at radius 1 is 1.11 bits per heavy atom. The fourth-order valence-corrected chi connectivity index (χ4v) is 6.95. The fourth-order valence-electron chi connectivity index (χ4n) is 6.17. The maximum Gasteiger partial charge on any atom is 0.416 e. The van der Waals surface area contributed by atoms with Gasteiger partial charge in [0.05, 0.1) is 18.4 Å². The first-order chi connectivity index (χ1) is 17.3. The van der Waals surface area contributed by atoms with Gasteiger partial charge < -0.3 is 15.0 Å². The van der Waals surface area contributed by atoms with Gasteiger partial charge >= 0.3 is 6.18 Å². The molecule has 0 radical (unpaired) electrons. The number of fused-ring (bicyclic) bond motifs is 3. The van der Waals surface area contributed by atoms with E-state index in [1.54, 1.807) is 11.5 Å². The number of nitrogens with zero attached hydrogens (tertiary/aromatic N) is 5. The highest BCUT2D eigenvalue weighted by molar-refractivity contribution is 7.10. The number of ether oxygens (including phenoxy) is 1. The number of hydrogen-bond acceptors (Lipinski definition) is 7. The van der Waals surface area contributed by atoms with Crippen LogP contribution >= 0.6 is 11.5 Å². The van der Waals surface area contributed by atoms with E-state index in [9.17, 15) is 13.2 Å². The van der Waals surface area contributed by atoms with Gasteiger partial charge in [-0.3, -0.25) is 0 Å². The molecular formula is C25H29F3N6OS. The molecule has 36 heavy (non-hydrogen) atoms. The summed E-state index contributed by atoms with van der Waals surface area (Å²) in [5, 5.41) is 9.65. The zero-order chi connectivity index (χ0) is 25.0. The predicted molar refractivity (Wildman–Crippen MR) is 132 cm³/mol. The maximum atomic E-state index is 13.2. The van der Waals surface area contributed by atoms with Crippen LogP contribution in [0.5, 0.6) is 5.75 Å². The van der Waals surface area contributed by atoms with E-state index in [4.69, 9.17) is 14.8 Å². The molecule has 2 aromatic heterocycles. The molecule has 192 valence electrons. The summed E-state index contributed by atoms with van der Waals surface area (Å²) >= 11 is 1.57. The summed E-state index contributed by atoms with van der Waals surface area (Å²) in [6, 6.07) is 6.22. The Morgan fingerprint density at radius 3 is 2.56 bits per heavy atom. The molecule has 6 rings (SSSR count). The number of halogens is 3. The van der Waals surface area contributed by atoms with Crippen LogP contribution in [0.3, 0.4) is 0 Å². The van der Waals surface area contributed by atoms with E-state index < -0.39 is 11.7 Å². The number of benzene rings is 1. The van der Waals surface area contributed by atoms with Gasteiger partial charge in [0, 0.05) is 37.2 Å². The molecule has 3 aliphatic rings. The quantitative estimate of drug-likeness (QED) is 0.493. The summed E-state index contributed by atoms with van der Waals surface area (Å²) in [7, 11) is 1.41. The summed E-state index contributed by atoms with van der Waals surface area (Å²) in [5.74, 6) is 2.50. The minimum Gasteiger partial charge on any atom is -0.496 e. The Labute approximate surface area is 211 Å². The van der Waals surface area contributed by atoms with Crippen molar-refractivity contribution >= 4 is 22.5 Å². The molecule has 7 nitrogen and oxygen atoms in total. The van der Waals surface area contributed by atoms with E-state index in [0.717, 1.165) is 61.7 Å².